The maximum absolute atomic E-state index is 12.9. The van der Waals surface area contributed by atoms with Gasteiger partial charge in [0.1, 0.15) is 13.2 Å². The van der Waals surface area contributed by atoms with Gasteiger partial charge < -0.3 is 14.2 Å². The van der Waals surface area contributed by atoms with Crippen molar-refractivity contribution in [1.82, 2.24) is 0 Å². The number of ether oxygens (including phenoxy) is 3. The van der Waals surface area contributed by atoms with Crippen molar-refractivity contribution in [2.45, 2.75) is 348 Å². The first-order valence-corrected chi connectivity index (χ1v) is 34.7. The smallest absolute Gasteiger partial charge is 0.306 e. The lowest BCUT2D eigenvalue weighted by Gasteiger charge is -2.18. The summed E-state index contributed by atoms with van der Waals surface area (Å²) < 4.78 is 16.9. The van der Waals surface area contributed by atoms with Crippen LogP contribution in [0.1, 0.15) is 342 Å². The van der Waals surface area contributed by atoms with Crippen molar-refractivity contribution in [2.24, 2.45) is 0 Å². The number of rotatable bonds is 63. The van der Waals surface area contributed by atoms with E-state index in [4.69, 9.17) is 14.2 Å². The second kappa shape index (κ2) is 68.8. The minimum absolute atomic E-state index is 0.0759. The molecular formula is C75H130O6. The quantitative estimate of drug-likeness (QED) is 0.0261. The van der Waals surface area contributed by atoms with Crippen molar-refractivity contribution in [3.63, 3.8) is 0 Å². The molecule has 0 saturated carbocycles. The Balaban J connectivity index is 4.09. The van der Waals surface area contributed by atoms with Crippen molar-refractivity contribution in [3.8, 4) is 0 Å². The highest BCUT2D eigenvalue weighted by atomic mass is 16.6. The van der Waals surface area contributed by atoms with Crippen LogP contribution in [0.25, 0.3) is 0 Å². The number of carbonyl (C=O) groups is 3. The molecule has 0 aromatic rings. The molecule has 0 fully saturated rings. The van der Waals surface area contributed by atoms with Gasteiger partial charge in [0.25, 0.3) is 0 Å². The lowest BCUT2D eigenvalue weighted by Crippen LogP contribution is -2.30. The first-order chi connectivity index (χ1) is 40.0. The van der Waals surface area contributed by atoms with Gasteiger partial charge in [-0.25, -0.2) is 0 Å². The summed E-state index contributed by atoms with van der Waals surface area (Å²) in [6, 6.07) is 0. The largest absolute Gasteiger partial charge is 0.462 e. The Morgan fingerprint density at radius 2 is 0.481 bits per heavy atom. The van der Waals surface area contributed by atoms with E-state index in [2.05, 4.69) is 118 Å². The van der Waals surface area contributed by atoms with Crippen molar-refractivity contribution in [1.29, 1.82) is 0 Å². The summed E-state index contributed by atoms with van der Waals surface area (Å²) in [7, 11) is 0. The molecule has 0 rings (SSSR count). The van der Waals surface area contributed by atoms with Gasteiger partial charge in [-0.2, -0.15) is 0 Å². The third-order valence-corrected chi connectivity index (χ3v) is 15.1. The maximum Gasteiger partial charge on any atom is 0.306 e. The molecule has 1 unspecified atom stereocenters. The molecule has 81 heavy (non-hydrogen) atoms. The molecule has 0 spiro atoms. The van der Waals surface area contributed by atoms with E-state index in [9.17, 15) is 14.4 Å². The fourth-order valence-electron chi connectivity index (χ4n) is 9.96. The van der Waals surface area contributed by atoms with E-state index in [1.54, 1.807) is 0 Å². The summed E-state index contributed by atoms with van der Waals surface area (Å²) in [5.41, 5.74) is 0. The van der Waals surface area contributed by atoms with Gasteiger partial charge in [0, 0.05) is 19.3 Å². The Hall–Kier alpha value is -3.67. The topological polar surface area (TPSA) is 78.9 Å². The molecule has 0 bridgehead atoms. The van der Waals surface area contributed by atoms with Crippen molar-refractivity contribution in [3.05, 3.63) is 97.2 Å². The molecule has 0 heterocycles. The SMILES string of the molecule is CC/C=C\C/C=C\C/C=C\C/C=C\CCCCCCCCCCCCCCCCCCCCCCC(=O)OCC(COC(=O)CCCCCCCCCCC)OC(=O)CCCCCCCCCC/C=C\C/C=C\C/C=C\C/C=C\CC. The van der Waals surface area contributed by atoms with E-state index in [1.807, 2.05) is 0 Å². The molecule has 0 saturated heterocycles. The molecule has 0 aliphatic rings. The van der Waals surface area contributed by atoms with E-state index in [0.717, 1.165) is 116 Å². The Bertz CT molecular complexity index is 1580. The molecule has 0 N–H and O–H groups in total. The average molecular weight is 1130 g/mol. The van der Waals surface area contributed by atoms with E-state index in [0.29, 0.717) is 19.3 Å². The van der Waals surface area contributed by atoms with Crippen LogP contribution in [0.4, 0.5) is 0 Å². The third kappa shape index (κ3) is 67.0. The van der Waals surface area contributed by atoms with Crippen LogP contribution in [-0.4, -0.2) is 37.2 Å². The fraction of sp³-hybridized carbons (Fsp3) is 0.747. The maximum atomic E-state index is 12.9. The summed E-state index contributed by atoms with van der Waals surface area (Å²) in [5, 5.41) is 0. The predicted octanol–water partition coefficient (Wildman–Crippen LogP) is 24.0. The highest BCUT2D eigenvalue weighted by molar-refractivity contribution is 5.71. The van der Waals surface area contributed by atoms with Gasteiger partial charge in [-0.3, -0.25) is 14.4 Å². The van der Waals surface area contributed by atoms with Gasteiger partial charge >= 0.3 is 17.9 Å². The molecule has 0 amide bonds. The summed E-state index contributed by atoms with van der Waals surface area (Å²) in [6.07, 6.45) is 93.1. The van der Waals surface area contributed by atoms with Gasteiger partial charge in [0.05, 0.1) is 0 Å². The highest BCUT2D eigenvalue weighted by Gasteiger charge is 2.19. The molecule has 0 aliphatic heterocycles. The molecule has 0 aromatic heterocycles. The fourth-order valence-corrected chi connectivity index (χ4v) is 9.96. The summed E-state index contributed by atoms with van der Waals surface area (Å²) in [5.74, 6) is -0.871. The standard InChI is InChI=1S/C75H130O6/c1-4-7-10-13-16-19-21-23-25-27-29-31-32-33-34-35-36-37-38-39-40-41-42-44-45-47-49-51-53-56-59-62-65-68-74(77)80-71-72(70-79-73(76)67-64-61-58-55-18-15-12-9-6-3)81-75(78)69-66-63-60-57-54-52-50-48-46-43-30-28-26-24-22-20-17-14-11-8-5-2/h7-8,10-11,16-17,19-20,23-26,29-31,43,72H,4-6,9,12-15,18,21-22,27-28,32-42,44-71H2,1-3H3/b10-7-,11-8-,19-16-,20-17-,25-23-,26-24-,31-29-,43-30-. The highest BCUT2D eigenvalue weighted by Crippen LogP contribution is 2.18. The predicted molar refractivity (Wildman–Crippen MR) is 353 cm³/mol. The van der Waals surface area contributed by atoms with Gasteiger partial charge in [0.2, 0.25) is 0 Å². The van der Waals surface area contributed by atoms with Crippen LogP contribution >= 0.6 is 0 Å². The zero-order chi connectivity index (χ0) is 58.5. The van der Waals surface area contributed by atoms with Crippen molar-refractivity contribution < 1.29 is 28.6 Å². The van der Waals surface area contributed by atoms with E-state index < -0.39 is 6.10 Å². The van der Waals surface area contributed by atoms with Gasteiger partial charge in [-0.05, 0) is 96.3 Å². The molecule has 6 heteroatoms. The Labute approximate surface area is 502 Å². The molecule has 0 radical (unpaired) electrons. The van der Waals surface area contributed by atoms with Crippen LogP contribution in [0.15, 0.2) is 97.2 Å². The number of carbonyl (C=O) groups excluding carboxylic acids is 3. The number of allylic oxidation sites excluding steroid dienone is 16. The first kappa shape index (κ1) is 77.3. The summed E-state index contributed by atoms with van der Waals surface area (Å²) >= 11 is 0. The van der Waals surface area contributed by atoms with Gasteiger partial charge in [-0.15, -0.1) is 0 Å². The van der Waals surface area contributed by atoms with Crippen LogP contribution in [0.2, 0.25) is 0 Å². The minimum Gasteiger partial charge on any atom is -0.462 e. The molecule has 6 nitrogen and oxygen atoms in total. The van der Waals surface area contributed by atoms with Gasteiger partial charge in [0.15, 0.2) is 6.10 Å². The third-order valence-electron chi connectivity index (χ3n) is 15.1. The van der Waals surface area contributed by atoms with Crippen LogP contribution < -0.4 is 0 Å². The van der Waals surface area contributed by atoms with Crippen LogP contribution in [0.3, 0.4) is 0 Å². The normalized spacial score (nSPS) is 12.7. The number of hydrogen-bond donors (Lipinski definition) is 0. The van der Waals surface area contributed by atoms with Crippen LogP contribution in [-0.2, 0) is 28.6 Å². The lowest BCUT2D eigenvalue weighted by atomic mass is 10.0. The van der Waals surface area contributed by atoms with Crippen molar-refractivity contribution >= 4 is 17.9 Å². The Kier molecular flexibility index (Phi) is 65.7. The monoisotopic (exact) mass is 1130 g/mol. The minimum atomic E-state index is -0.779. The molecule has 466 valence electrons. The lowest BCUT2D eigenvalue weighted by molar-refractivity contribution is -0.167. The second-order valence-corrected chi connectivity index (χ2v) is 23.0. The first-order valence-electron chi connectivity index (χ1n) is 34.7. The molecular weight excluding hydrogens is 997 g/mol. The van der Waals surface area contributed by atoms with Crippen LogP contribution in [0, 0.1) is 0 Å². The Morgan fingerprint density at radius 1 is 0.259 bits per heavy atom. The van der Waals surface area contributed by atoms with E-state index in [1.165, 1.54) is 186 Å². The second-order valence-electron chi connectivity index (χ2n) is 23.0. The summed E-state index contributed by atoms with van der Waals surface area (Å²) in [4.78, 5) is 38.3. The summed E-state index contributed by atoms with van der Waals surface area (Å²) in [6.45, 7) is 6.43. The van der Waals surface area contributed by atoms with Gasteiger partial charge in [-0.1, -0.05) is 323 Å². The van der Waals surface area contributed by atoms with Crippen LogP contribution in [0.5, 0.6) is 0 Å². The molecule has 0 aromatic carbocycles. The zero-order valence-corrected chi connectivity index (χ0v) is 53.5. The Morgan fingerprint density at radius 3 is 0.753 bits per heavy atom. The average Bonchev–Trinajstić information content (AvgIpc) is 3.47. The number of unbranched alkanes of at least 4 members (excludes halogenated alkanes) is 36. The van der Waals surface area contributed by atoms with Crippen molar-refractivity contribution in [2.75, 3.05) is 13.2 Å². The zero-order valence-electron chi connectivity index (χ0n) is 53.5. The molecule has 0 aliphatic carbocycles. The number of hydrogen-bond acceptors (Lipinski definition) is 6. The van der Waals surface area contributed by atoms with E-state index >= 15 is 0 Å². The molecule has 1 atom stereocenters. The number of esters is 3. The van der Waals surface area contributed by atoms with E-state index in [-0.39, 0.29) is 31.1 Å².